The third kappa shape index (κ3) is 4.34. The minimum absolute atomic E-state index is 0.225. The smallest absolute Gasteiger partial charge is 0.328 e. The molecule has 0 atom stereocenters. The standard InChI is InChI=1S/C23H30N6O3/c30-21-7-8-28(23(32)25-21)20-13-24-29-9-6-18(12-19(20)29)14-26-10-11-27(22(31)16-26)15-17-4-2-1-3-5-17/h6,9,12-13,17H,1-5,7-8,10-11,14-16H2,(H,25,30,32). The number of aromatic nitrogens is 2. The number of rotatable bonds is 5. The number of nitrogens with zero attached hydrogens (tertiary/aromatic N) is 5. The van der Waals surface area contributed by atoms with Gasteiger partial charge in [0, 0.05) is 45.3 Å². The lowest BCUT2D eigenvalue weighted by Crippen LogP contribution is -2.51. The quantitative estimate of drug-likeness (QED) is 0.771. The molecule has 9 nitrogen and oxygen atoms in total. The average Bonchev–Trinajstić information content (AvgIpc) is 3.19. The Hall–Kier alpha value is -2.94. The fourth-order valence-corrected chi connectivity index (χ4v) is 5.14. The summed E-state index contributed by atoms with van der Waals surface area (Å²) in [6, 6.07) is 3.61. The molecule has 2 aliphatic heterocycles. The first-order chi connectivity index (χ1) is 15.6. The molecule has 0 bridgehead atoms. The van der Waals surface area contributed by atoms with Crippen LogP contribution in [0.25, 0.3) is 5.52 Å². The van der Waals surface area contributed by atoms with Crippen molar-refractivity contribution in [3.63, 3.8) is 0 Å². The molecule has 2 aromatic heterocycles. The molecule has 32 heavy (non-hydrogen) atoms. The van der Waals surface area contributed by atoms with Crippen LogP contribution >= 0.6 is 0 Å². The summed E-state index contributed by atoms with van der Waals surface area (Å²) in [5, 5.41) is 6.71. The van der Waals surface area contributed by atoms with Crippen molar-refractivity contribution in [3.05, 3.63) is 30.1 Å². The molecule has 5 rings (SSSR count). The van der Waals surface area contributed by atoms with Gasteiger partial charge in [0.05, 0.1) is 23.9 Å². The lowest BCUT2D eigenvalue weighted by molar-refractivity contribution is -0.137. The van der Waals surface area contributed by atoms with Crippen LogP contribution in [0.2, 0.25) is 0 Å². The van der Waals surface area contributed by atoms with E-state index in [9.17, 15) is 14.4 Å². The molecule has 0 spiro atoms. The maximum atomic E-state index is 12.8. The molecular formula is C23H30N6O3. The molecule has 0 radical (unpaired) electrons. The van der Waals surface area contributed by atoms with Gasteiger partial charge in [-0.3, -0.25) is 24.7 Å². The zero-order valence-corrected chi connectivity index (χ0v) is 18.3. The molecule has 4 amide bonds. The van der Waals surface area contributed by atoms with Gasteiger partial charge in [0.25, 0.3) is 0 Å². The molecule has 1 saturated carbocycles. The van der Waals surface area contributed by atoms with Gasteiger partial charge in [-0.15, -0.1) is 0 Å². The first-order valence-corrected chi connectivity index (χ1v) is 11.6. The van der Waals surface area contributed by atoms with Crippen LogP contribution in [-0.4, -0.2) is 70.0 Å². The van der Waals surface area contributed by atoms with Gasteiger partial charge in [0.2, 0.25) is 11.8 Å². The van der Waals surface area contributed by atoms with Crippen molar-refractivity contribution < 1.29 is 14.4 Å². The van der Waals surface area contributed by atoms with E-state index in [0.717, 1.165) is 30.7 Å². The Morgan fingerprint density at radius 3 is 2.69 bits per heavy atom. The van der Waals surface area contributed by atoms with Gasteiger partial charge in [-0.1, -0.05) is 19.3 Å². The van der Waals surface area contributed by atoms with E-state index in [2.05, 4.69) is 20.2 Å². The number of hydrogen-bond donors (Lipinski definition) is 1. The van der Waals surface area contributed by atoms with E-state index in [4.69, 9.17) is 0 Å². The number of carbonyl (C=O) groups is 3. The van der Waals surface area contributed by atoms with E-state index in [1.165, 1.54) is 32.1 Å². The Morgan fingerprint density at radius 2 is 1.91 bits per heavy atom. The zero-order chi connectivity index (χ0) is 22.1. The number of imide groups is 1. The Morgan fingerprint density at radius 1 is 1.06 bits per heavy atom. The van der Waals surface area contributed by atoms with Gasteiger partial charge in [-0.2, -0.15) is 5.10 Å². The van der Waals surface area contributed by atoms with Crippen LogP contribution in [-0.2, 0) is 16.1 Å². The molecule has 170 valence electrons. The normalized spacial score (nSPS) is 21.4. The van der Waals surface area contributed by atoms with Crippen molar-refractivity contribution in [1.82, 2.24) is 24.7 Å². The first kappa shape index (κ1) is 20.9. The van der Waals surface area contributed by atoms with Crippen molar-refractivity contribution in [2.75, 3.05) is 37.6 Å². The summed E-state index contributed by atoms with van der Waals surface area (Å²) >= 11 is 0. The number of urea groups is 1. The second-order valence-electron chi connectivity index (χ2n) is 9.20. The van der Waals surface area contributed by atoms with Crippen LogP contribution in [0.3, 0.4) is 0 Å². The number of hydrogen-bond acceptors (Lipinski definition) is 5. The predicted molar refractivity (Wildman–Crippen MR) is 119 cm³/mol. The average molecular weight is 439 g/mol. The van der Waals surface area contributed by atoms with E-state index in [0.29, 0.717) is 31.2 Å². The third-order valence-electron chi connectivity index (χ3n) is 6.92. The summed E-state index contributed by atoms with van der Waals surface area (Å²) in [6.07, 6.45) is 10.2. The number of nitrogens with one attached hydrogen (secondary N) is 1. The molecule has 0 unspecified atom stereocenters. The Kier molecular flexibility index (Phi) is 5.82. The number of carbonyl (C=O) groups excluding carboxylic acids is 3. The highest BCUT2D eigenvalue weighted by molar-refractivity contribution is 6.07. The highest BCUT2D eigenvalue weighted by Crippen LogP contribution is 2.26. The van der Waals surface area contributed by atoms with E-state index in [-0.39, 0.29) is 18.2 Å². The predicted octanol–water partition coefficient (Wildman–Crippen LogP) is 2.01. The molecule has 1 N–H and O–H groups in total. The second-order valence-corrected chi connectivity index (χ2v) is 9.20. The number of amides is 4. The molecule has 2 aromatic rings. The van der Waals surface area contributed by atoms with Crippen LogP contribution < -0.4 is 10.2 Å². The molecule has 3 fully saturated rings. The number of piperazine rings is 1. The van der Waals surface area contributed by atoms with Crippen molar-refractivity contribution in [2.24, 2.45) is 5.92 Å². The number of anilines is 1. The molecular weight excluding hydrogens is 408 g/mol. The third-order valence-corrected chi connectivity index (χ3v) is 6.92. The first-order valence-electron chi connectivity index (χ1n) is 11.6. The van der Waals surface area contributed by atoms with Crippen LogP contribution in [0.4, 0.5) is 10.5 Å². The molecule has 9 heteroatoms. The summed E-state index contributed by atoms with van der Waals surface area (Å²) in [4.78, 5) is 42.3. The Balaban J connectivity index is 1.24. The monoisotopic (exact) mass is 438 g/mol. The van der Waals surface area contributed by atoms with Crippen LogP contribution in [0.15, 0.2) is 24.5 Å². The summed E-state index contributed by atoms with van der Waals surface area (Å²) in [7, 11) is 0. The summed E-state index contributed by atoms with van der Waals surface area (Å²) in [5.41, 5.74) is 2.57. The lowest BCUT2D eigenvalue weighted by Gasteiger charge is -2.37. The van der Waals surface area contributed by atoms with Gasteiger partial charge < -0.3 is 4.90 Å². The molecule has 1 aliphatic carbocycles. The van der Waals surface area contributed by atoms with Gasteiger partial charge in [0.1, 0.15) is 0 Å². The van der Waals surface area contributed by atoms with Crippen LogP contribution in [0.1, 0.15) is 44.1 Å². The minimum Gasteiger partial charge on any atom is -0.340 e. The van der Waals surface area contributed by atoms with Crippen LogP contribution in [0, 0.1) is 5.92 Å². The topological polar surface area (TPSA) is 90.3 Å². The Labute approximate surface area is 187 Å². The maximum absolute atomic E-state index is 12.8. The van der Waals surface area contributed by atoms with Crippen LogP contribution in [0.5, 0.6) is 0 Å². The molecule has 2 saturated heterocycles. The van der Waals surface area contributed by atoms with E-state index < -0.39 is 6.03 Å². The van der Waals surface area contributed by atoms with Crippen molar-refractivity contribution in [2.45, 2.75) is 45.1 Å². The fraction of sp³-hybridized carbons (Fsp3) is 0.565. The highest BCUT2D eigenvalue weighted by atomic mass is 16.2. The summed E-state index contributed by atoms with van der Waals surface area (Å²) < 4.78 is 1.73. The van der Waals surface area contributed by atoms with Crippen molar-refractivity contribution in [3.8, 4) is 0 Å². The SMILES string of the molecule is O=C1CCN(c2cnn3ccc(CN4CCN(CC5CCCCC5)C(=O)C4)cc23)C(=O)N1. The van der Waals surface area contributed by atoms with E-state index in [1.54, 1.807) is 15.6 Å². The highest BCUT2D eigenvalue weighted by Gasteiger charge is 2.28. The molecule has 3 aliphatic rings. The number of fused-ring (bicyclic) bond motifs is 1. The largest absolute Gasteiger partial charge is 0.340 e. The zero-order valence-electron chi connectivity index (χ0n) is 18.3. The fourth-order valence-electron chi connectivity index (χ4n) is 5.14. The van der Waals surface area contributed by atoms with Crippen molar-refractivity contribution >= 4 is 29.0 Å². The number of pyridine rings is 1. The molecule has 4 heterocycles. The van der Waals surface area contributed by atoms with E-state index >= 15 is 0 Å². The van der Waals surface area contributed by atoms with E-state index in [1.807, 2.05) is 18.3 Å². The van der Waals surface area contributed by atoms with Crippen molar-refractivity contribution in [1.29, 1.82) is 0 Å². The minimum atomic E-state index is -0.416. The summed E-state index contributed by atoms with van der Waals surface area (Å²) in [5.74, 6) is 0.641. The van der Waals surface area contributed by atoms with Gasteiger partial charge in [0.15, 0.2) is 0 Å². The van der Waals surface area contributed by atoms with Gasteiger partial charge in [-0.05, 0) is 36.5 Å². The lowest BCUT2D eigenvalue weighted by atomic mass is 9.89. The summed E-state index contributed by atoms with van der Waals surface area (Å²) in [6.45, 7) is 4.03. The van der Waals surface area contributed by atoms with Gasteiger partial charge in [-0.25, -0.2) is 9.31 Å². The molecule has 0 aromatic carbocycles. The second kappa shape index (κ2) is 8.90. The Bertz CT molecular complexity index is 1030. The van der Waals surface area contributed by atoms with Gasteiger partial charge >= 0.3 is 6.03 Å². The maximum Gasteiger partial charge on any atom is 0.328 e.